The lowest BCUT2D eigenvalue weighted by molar-refractivity contribution is 0.288. The standard InChI is InChI=1S/C31H28Cl3N3O3/c1-2-3-10-38-27-9-5-8-25(31(27)34)24-7-4-6-22(30(24)33)19-40-29-13-28(23(15-36)12-26(29)32)39-18-21-11-20(14-35)16-37-17-21/h4-9,11-13,16-17H,2-3,10,15,18-19,36H2,1H3. The van der Waals surface area contributed by atoms with Gasteiger partial charge in [-0.1, -0.05) is 78.5 Å². The minimum Gasteiger partial charge on any atom is -0.492 e. The first-order valence-electron chi connectivity index (χ1n) is 12.8. The first-order chi connectivity index (χ1) is 19.4. The highest BCUT2D eigenvalue weighted by Gasteiger charge is 2.16. The Hall–Kier alpha value is -3.47. The molecule has 0 aliphatic heterocycles. The van der Waals surface area contributed by atoms with Crippen LogP contribution in [-0.2, 0) is 19.8 Å². The monoisotopic (exact) mass is 595 g/mol. The van der Waals surface area contributed by atoms with Gasteiger partial charge in [0.2, 0.25) is 0 Å². The van der Waals surface area contributed by atoms with Gasteiger partial charge in [-0.15, -0.1) is 0 Å². The van der Waals surface area contributed by atoms with Crippen LogP contribution in [0.3, 0.4) is 0 Å². The lowest BCUT2D eigenvalue weighted by atomic mass is 10.0. The van der Waals surface area contributed by atoms with E-state index in [0.717, 1.165) is 40.7 Å². The van der Waals surface area contributed by atoms with Crippen LogP contribution in [0.1, 0.15) is 42.0 Å². The third-order valence-electron chi connectivity index (χ3n) is 6.12. The SMILES string of the molecule is CCCCOc1cccc(-c2cccc(COc3cc(OCc4cncc(C#N)c4)c(CN)cc3Cl)c2Cl)c1Cl. The van der Waals surface area contributed by atoms with E-state index in [0.29, 0.717) is 44.5 Å². The number of hydrogen-bond acceptors (Lipinski definition) is 6. The van der Waals surface area contributed by atoms with Crippen LogP contribution in [0.5, 0.6) is 17.2 Å². The van der Waals surface area contributed by atoms with E-state index in [-0.39, 0.29) is 19.8 Å². The zero-order valence-corrected chi connectivity index (χ0v) is 24.2. The Kier molecular flexibility index (Phi) is 10.5. The number of nitrogens with zero attached hydrogens (tertiary/aromatic N) is 2. The zero-order valence-electron chi connectivity index (χ0n) is 21.9. The van der Waals surface area contributed by atoms with Gasteiger partial charge in [0.1, 0.15) is 36.5 Å². The predicted molar refractivity (Wildman–Crippen MR) is 159 cm³/mol. The van der Waals surface area contributed by atoms with Crippen LogP contribution in [0.2, 0.25) is 15.1 Å². The van der Waals surface area contributed by atoms with E-state index in [2.05, 4.69) is 18.0 Å². The number of halogens is 3. The highest BCUT2D eigenvalue weighted by Crippen LogP contribution is 2.40. The van der Waals surface area contributed by atoms with E-state index in [9.17, 15) is 0 Å². The summed E-state index contributed by atoms with van der Waals surface area (Å²) in [4.78, 5) is 4.07. The van der Waals surface area contributed by atoms with Crippen molar-refractivity contribution >= 4 is 34.8 Å². The second-order valence-electron chi connectivity index (χ2n) is 8.96. The minimum absolute atomic E-state index is 0.159. The van der Waals surface area contributed by atoms with Crippen LogP contribution in [0.15, 0.2) is 67.0 Å². The highest BCUT2D eigenvalue weighted by molar-refractivity contribution is 6.37. The molecule has 0 saturated heterocycles. The Bertz CT molecular complexity index is 1520. The number of benzene rings is 3. The summed E-state index contributed by atoms with van der Waals surface area (Å²) < 4.78 is 18.0. The van der Waals surface area contributed by atoms with Crippen molar-refractivity contribution < 1.29 is 14.2 Å². The largest absolute Gasteiger partial charge is 0.492 e. The van der Waals surface area contributed by atoms with Gasteiger partial charge in [0.25, 0.3) is 0 Å². The molecule has 4 aromatic rings. The fourth-order valence-electron chi connectivity index (χ4n) is 3.98. The van der Waals surface area contributed by atoms with Gasteiger partial charge in [-0.2, -0.15) is 5.26 Å². The van der Waals surface area contributed by atoms with Gasteiger partial charge in [-0.05, 0) is 24.6 Å². The summed E-state index contributed by atoms with van der Waals surface area (Å²) in [6, 6.07) is 18.6. The van der Waals surface area contributed by atoms with Gasteiger partial charge in [0.15, 0.2) is 0 Å². The maximum Gasteiger partial charge on any atom is 0.142 e. The average Bonchev–Trinajstić information content (AvgIpc) is 2.97. The molecule has 206 valence electrons. The van der Waals surface area contributed by atoms with E-state index in [4.69, 9.17) is 60.0 Å². The third-order valence-corrected chi connectivity index (χ3v) is 7.26. The molecule has 0 unspecified atom stereocenters. The summed E-state index contributed by atoms with van der Waals surface area (Å²) in [5, 5.41) is 10.5. The van der Waals surface area contributed by atoms with Crippen molar-refractivity contribution in [2.24, 2.45) is 5.73 Å². The molecule has 3 aromatic carbocycles. The number of unbranched alkanes of at least 4 members (excludes halogenated alkanes) is 1. The fourth-order valence-corrected chi connectivity index (χ4v) is 4.79. The number of aromatic nitrogens is 1. The van der Waals surface area contributed by atoms with Gasteiger partial charge in [-0.3, -0.25) is 4.98 Å². The molecule has 0 radical (unpaired) electrons. The van der Waals surface area contributed by atoms with Crippen LogP contribution in [-0.4, -0.2) is 11.6 Å². The molecule has 0 atom stereocenters. The van der Waals surface area contributed by atoms with E-state index in [1.54, 1.807) is 24.4 Å². The molecule has 0 aliphatic rings. The Morgan fingerprint density at radius 1 is 0.825 bits per heavy atom. The summed E-state index contributed by atoms with van der Waals surface area (Å²) in [6.07, 6.45) is 5.12. The third kappa shape index (κ3) is 7.18. The maximum absolute atomic E-state index is 9.12. The molecule has 0 aliphatic carbocycles. The van der Waals surface area contributed by atoms with Crippen LogP contribution in [0.4, 0.5) is 0 Å². The fraction of sp³-hybridized carbons (Fsp3) is 0.226. The lowest BCUT2D eigenvalue weighted by Gasteiger charge is -2.16. The summed E-state index contributed by atoms with van der Waals surface area (Å²) >= 11 is 20.1. The predicted octanol–water partition coefficient (Wildman–Crippen LogP) is 8.38. The quantitative estimate of drug-likeness (QED) is 0.165. The second kappa shape index (κ2) is 14.2. The number of pyridine rings is 1. The Morgan fingerprint density at radius 3 is 2.33 bits per heavy atom. The second-order valence-corrected chi connectivity index (χ2v) is 10.1. The highest BCUT2D eigenvalue weighted by atomic mass is 35.5. The van der Waals surface area contributed by atoms with Crippen LogP contribution in [0, 0.1) is 11.3 Å². The van der Waals surface area contributed by atoms with E-state index >= 15 is 0 Å². The molecule has 4 rings (SSSR count). The molecular weight excluding hydrogens is 569 g/mol. The van der Waals surface area contributed by atoms with Crippen LogP contribution >= 0.6 is 34.8 Å². The Morgan fingerprint density at radius 2 is 1.57 bits per heavy atom. The van der Waals surface area contributed by atoms with Gasteiger partial charge in [-0.25, -0.2) is 0 Å². The zero-order chi connectivity index (χ0) is 28.5. The molecule has 0 saturated carbocycles. The Balaban J connectivity index is 1.53. The van der Waals surface area contributed by atoms with Gasteiger partial charge in [0.05, 0.1) is 27.2 Å². The molecule has 1 heterocycles. The molecule has 40 heavy (non-hydrogen) atoms. The maximum atomic E-state index is 9.12. The number of nitrogens with two attached hydrogens (primary N) is 1. The van der Waals surface area contributed by atoms with Crippen molar-refractivity contribution in [2.75, 3.05) is 6.61 Å². The van der Waals surface area contributed by atoms with Gasteiger partial charge < -0.3 is 19.9 Å². The molecule has 0 fully saturated rings. The summed E-state index contributed by atoms with van der Waals surface area (Å²) in [6.45, 7) is 3.29. The number of rotatable bonds is 12. The van der Waals surface area contributed by atoms with Crippen molar-refractivity contribution in [1.29, 1.82) is 5.26 Å². The first kappa shape index (κ1) is 29.5. The van der Waals surface area contributed by atoms with Gasteiger partial charge in [0, 0.05) is 52.8 Å². The smallest absolute Gasteiger partial charge is 0.142 e. The lowest BCUT2D eigenvalue weighted by Crippen LogP contribution is -2.05. The summed E-state index contributed by atoms with van der Waals surface area (Å²) in [5.41, 5.74) is 10.2. The van der Waals surface area contributed by atoms with Crippen LogP contribution in [0.25, 0.3) is 11.1 Å². The minimum atomic E-state index is 0.159. The molecule has 9 heteroatoms. The van der Waals surface area contributed by atoms with Crippen LogP contribution < -0.4 is 19.9 Å². The normalized spacial score (nSPS) is 10.7. The van der Waals surface area contributed by atoms with Gasteiger partial charge >= 0.3 is 0 Å². The number of hydrogen-bond donors (Lipinski definition) is 1. The molecule has 2 N–H and O–H groups in total. The van der Waals surface area contributed by atoms with E-state index in [1.807, 2.05) is 36.4 Å². The molecular formula is C31H28Cl3N3O3. The van der Waals surface area contributed by atoms with Crippen molar-refractivity contribution in [3.8, 4) is 34.4 Å². The molecule has 0 spiro atoms. The van der Waals surface area contributed by atoms with Crippen molar-refractivity contribution in [3.05, 3.63) is 104 Å². The van der Waals surface area contributed by atoms with Crippen molar-refractivity contribution in [1.82, 2.24) is 4.98 Å². The first-order valence-corrected chi connectivity index (χ1v) is 13.9. The van der Waals surface area contributed by atoms with E-state index < -0.39 is 0 Å². The topological polar surface area (TPSA) is 90.4 Å². The summed E-state index contributed by atoms with van der Waals surface area (Å²) in [7, 11) is 0. The number of ether oxygens (including phenoxy) is 3. The molecule has 6 nitrogen and oxygen atoms in total. The molecule has 0 amide bonds. The number of nitriles is 1. The molecule has 0 bridgehead atoms. The summed E-state index contributed by atoms with van der Waals surface area (Å²) in [5.74, 6) is 1.57. The van der Waals surface area contributed by atoms with E-state index in [1.165, 1.54) is 6.20 Å². The van der Waals surface area contributed by atoms with Crippen molar-refractivity contribution in [2.45, 2.75) is 39.5 Å². The average molecular weight is 597 g/mol. The molecule has 1 aromatic heterocycles. The Labute approximate surface area is 249 Å². The van der Waals surface area contributed by atoms with Crippen molar-refractivity contribution in [3.63, 3.8) is 0 Å².